The second kappa shape index (κ2) is 9.50. The molecule has 2 aromatic heterocycles. The van der Waals surface area contributed by atoms with Crippen LogP contribution in [0.5, 0.6) is 0 Å². The maximum atomic E-state index is 13.0. The third-order valence-corrected chi connectivity index (χ3v) is 6.20. The van der Waals surface area contributed by atoms with Crippen molar-refractivity contribution in [2.24, 2.45) is 0 Å². The molecule has 0 unspecified atom stereocenters. The first-order valence-corrected chi connectivity index (χ1v) is 11.2. The summed E-state index contributed by atoms with van der Waals surface area (Å²) in [6, 6.07) is 18.3. The Morgan fingerprint density at radius 2 is 1.85 bits per heavy atom. The molecule has 1 amide bonds. The predicted molar refractivity (Wildman–Crippen MR) is 123 cm³/mol. The Morgan fingerprint density at radius 3 is 2.67 bits per heavy atom. The largest absolute Gasteiger partial charge is 0.351 e. The summed E-state index contributed by atoms with van der Waals surface area (Å²) in [6.07, 6.45) is 3.76. The Balaban J connectivity index is 1.13. The number of hydrogen-bond donors (Lipinski definition) is 1. The predicted octanol–water partition coefficient (Wildman–Crippen LogP) is 4.67. The molecule has 0 radical (unpaired) electrons. The lowest BCUT2D eigenvalue weighted by Crippen LogP contribution is -2.32. The minimum atomic E-state index is -0.318. The molecule has 7 heteroatoms. The molecule has 2 aromatic carbocycles. The lowest BCUT2D eigenvalue weighted by molar-refractivity contribution is 0.0913. The van der Waals surface area contributed by atoms with Gasteiger partial charge in [0.1, 0.15) is 5.82 Å². The maximum absolute atomic E-state index is 13.0. The molecule has 33 heavy (non-hydrogen) atoms. The number of piperidine rings is 1. The zero-order valence-corrected chi connectivity index (χ0v) is 18.2. The molecule has 1 N–H and O–H groups in total. The quantitative estimate of drug-likeness (QED) is 0.468. The van der Waals surface area contributed by atoms with Crippen molar-refractivity contribution < 1.29 is 13.7 Å². The molecule has 0 spiro atoms. The fourth-order valence-corrected chi connectivity index (χ4v) is 4.33. The van der Waals surface area contributed by atoms with E-state index in [1.807, 2.05) is 12.3 Å². The average Bonchev–Trinajstić information content (AvgIpc) is 3.34. The van der Waals surface area contributed by atoms with Crippen molar-refractivity contribution in [2.75, 3.05) is 13.1 Å². The van der Waals surface area contributed by atoms with E-state index in [9.17, 15) is 9.18 Å². The Kier molecular flexibility index (Phi) is 6.13. The number of hydrogen-bond acceptors (Lipinski definition) is 5. The number of pyridine rings is 1. The number of rotatable bonds is 6. The first kappa shape index (κ1) is 21.3. The molecular weight excluding hydrogens is 419 g/mol. The molecule has 1 aliphatic heterocycles. The van der Waals surface area contributed by atoms with Crippen LogP contribution in [0.15, 0.2) is 71.4 Å². The normalized spacial score (nSPS) is 15.1. The number of nitrogens with zero attached hydrogens (tertiary/aromatic N) is 3. The summed E-state index contributed by atoms with van der Waals surface area (Å²) in [6.45, 7) is 3.15. The fourth-order valence-electron chi connectivity index (χ4n) is 4.33. The van der Waals surface area contributed by atoms with Crippen molar-refractivity contribution >= 4 is 16.8 Å². The zero-order valence-electron chi connectivity index (χ0n) is 18.2. The van der Waals surface area contributed by atoms with E-state index in [1.54, 1.807) is 18.2 Å². The molecule has 6 nitrogen and oxygen atoms in total. The second-order valence-electron chi connectivity index (χ2n) is 8.51. The van der Waals surface area contributed by atoms with E-state index in [1.165, 1.54) is 17.7 Å². The van der Waals surface area contributed by atoms with Crippen molar-refractivity contribution in [3.63, 3.8) is 0 Å². The third-order valence-electron chi connectivity index (χ3n) is 6.20. The molecular formula is C26H25FN4O2. The van der Waals surface area contributed by atoms with Gasteiger partial charge in [-0.05, 0) is 67.4 Å². The van der Waals surface area contributed by atoms with Gasteiger partial charge in [-0.2, -0.15) is 0 Å². The van der Waals surface area contributed by atoms with Crippen LogP contribution in [0.3, 0.4) is 0 Å². The first-order chi connectivity index (χ1) is 16.1. The summed E-state index contributed by atoms with van der Waals surface area (Å²) < 4.78 is 18.3. The monoisotopic (exact) mass is 444 g/mol. The molecule has 0 bridgehead atoms. The zero-order chi connectivity index (χ0) is 22.6. The first-order valence-electron chi connectivity index (χ1n) is 11.2. The van der Waals surface area contributed by atoms with Crippen molar-refractivity contribution in [3.8, 4) is 0 Å². The van der Waals surface area contributed by atoms with Gasteiger partial charge in [0.2, 0.25) is 5.76 Å². The van der Waals surface area contributed by atoms with Crippen LogP contribution in [0.2, 0.25) is 0 Å². The van der Waals surface area contributed by atoms with E-state index in [0.29, 0.717) is 6.54 Å². The van der Waals surface area contributed by atoms with Gasteiger partial charge in [0.25, 0.3) is 5.91 Å². The highest BCUT2D eigenvalue weighted by molar-refractivity contribution is 5.91. The van der Waals surface area contributed by atoms with Crippen molar-refractivity contribution in [1.82, 2.24) is 20.4 Å². The fraction of sp³-hybridized carbons (Fsp3) is 0.269. The van der Waals surface area contributed by atoms with E-state index in [0.717, 1.165) is 54.6 Å². The Labute approximate surface area is 191 Å². The molecule has 1 fully saturated rings. The number of fused-ring (bicyclic) bond motifs is 1. The Morgan fingerprint density at radius 1 is 1.06 bits per heavy atom. The van der Waals surface area contributed by atoms with Crippen LogP contribution in [0, 0.1) is 5.82 Å². The standard InChI is InChI=1S/C26H25FN4O2/c27-22-6-3-18(4-7-22)16-29-26(32)25-15-24(30-33-25)20-9-12-31(13-10-20)17-19-5-8-23-21(14-19)2-1-11-28-23/h1-8,11,14-15,20H,9-10,12-13,16-17H2,(H,29,32). The topological polar surface area (TPSA) is 71.3 Å². The van der Waals surface area contributed by atoms with Gasteiger partial charge >= 0.3 is 0 Å². The highest BCUT2D eigenvalue weighted by Gasteiger charge is 2.24. The van der Waals surface area contributed by atoms with E-state index in [-0.39, 0.29) is 23.4 Å². The van der Waals surface area contributed by atoms with Gasteiger partial charge in [-0.1, -0.05) is 29.4 Å². The number of carbonyl (C=O) groups is 1. The summed E-state index contributed by atoms with van der Waals surface area (Å²) in [4.78, 5) is 19.2. The molecule has 1 saturated heterocycles. The summed E-state index contributed by atoms with van der Waals surface area (Å²) in [5.41, 5.74) is 3.96. The number of nitrogens with one attached hydrogen (secondary N) is 1. The summed E-state index contributed by atoms with van der Waals surface area (Å²) in [7, 11) is 0. The van der Waals surface area contributed by atoms with Crippen LogP contribution >= 0.6 is 0 Å². The molecule has 0 saturated carbocycles. The minimum absolute atomic E-state index is 0.208. The van der Waals surface area contributed by atoms with Gasteiger partial charge in [-0.25, -0.2) is 4.39 Å². The highest BCUT2D eigenvalue weighted by atomic mass is 19.1. The van der Waals surface area contributed by atoms with E-state index in [4.69, 9.17) is 4.52 Å². The van der Waals surface area contributed by atoms with Crippen LogP contribution in [-0.4, -0.2) is 34.0 Å². The van der Waals surface area contributed by atoms with Gasteiger partial charge in [0.05, 0.1) is 11.2 Å². The van der Waals surface area contributed by atoms with Crippen LogP contribution in [0.4, 0.5) is 4.39 Å². The number of likely N-dealkylation sites (tertiary alicyclic amines) is 1. The van der Waals surface area contributed by atoms with E-state index < -0.39 is 0 Å². The minimum Gasteiger partial charge on any atom is -0.351 e. The lowest BCUT2D eigenvalue weighted by Gasteiger charge is -2.31. The number of amides is 1. The lowest BCUT2D eigenvalue weighted by atomic mass is 9.93. The molecule has 168 valence electrons. The van der Waals surface area contributed by atoms with Gasteiger partial charge < -0.3 is 9.84 Å². The van der Waals surface area contributed by atoms with Gasteiger partial charge in [0, 0.05) is 36.7 Å². The maximum Gasteiger partial charge on any atom is 0.290 e. The molecule has 4 aromatic rings. The summed E-state index contributed by atoms with van der Waals surface area (Å²) in [5, 5.41) is 8.11. The van der Waals surface area contributed by atoms with Crippen LogP contribution in [-0.2, 0) is 13.1 Å². The smallest absolute Gasteiger partial charge is 0.290 e. The van der Waals surface area contributed by atoms with Gasteiger partial charge in [-0.3, -0.25) is 14.7 Å². The van der Waals surface area contributed by atoms with E-state index >= 15 is 0 Å². The average molecular weight is 445 g/mol. The molecule has 3 heterocycles. The number of carbonyl (C=O) groups excluding carboxylic acids is 1. The van der Waals surface area contributed by atoms with Crippen LogP contribution < -0.4 is 5.32 Å². The van der Waals surface area contributed by atoms with Crippen molar-refractivity contribution in [3.05, 3.63) is 95.3 Å². The molecule has 5 rings (SSSR count). The Hall–Kier alpha value is -3.58. The molecule has 0 atom stereocenters. The van der Waals surface area contributed by atoms with Crippen molar-refractivity contribution in [2.45, 2.75) is 31.8 Å². The number of halogens is 1. The third kappa shape index (κ3) is 5.09. The van der Waals surface area contributed by atoms with Crippen molar-refractivity contribution in [1.29, 1.82) is 0 Å². The van der Waals surface area contributed by atoms with Gasteiger partial charge in [-0.15, -0.1) is 0 Å². The van der Waals surface area contributed by atoms with Crippen LogP contribution in [0.1, 0.15) is 46.1 Å². The molecule has 1 aliphatic rings. The molecule has 0 aliphatic carbocycles. The SMILES string of the molecule is O=C(NCc1ccc(F)cc1)c1cc(C2CCN(Cc3ccc4ncccc4c3)CC2)no1. The summed E-state index contributed by atoms with van der Waals surface area (Å²) >= 11 is 0. The van der Waals surface area contributed by atoms with E-state index in [2.05, 4.69) is 44.6 Å². The number of aromatic nitrogens is 2. The van der Waals surface area contributed by atoms with Gasteiger partial charge in [0.15, 0.2) is 0 Å². The highest BCUT2D eigenvalue weighted by Crippen LogP contribution is 2.28. The number of benzene rings is 2. The summed E-state index contributed by atoms with van der Waals surface area (Å²) in [5.74, 6) is -0.129. The Bertz CT molecular complexity index is 1250. The second-order valence-corrected chi connectivity index (χ2v) is 8.51. The van der Waals surface area contributed by atoms with Crippen LogP contribution in [0.25, 0.3) is 10.9 Å².